The van der Waals surface area contributed by atoms with Crippen molar-refractivity contribution in [3.8, 4) is 17.2 Å². The Morgan fingerprint density at radius 2 is 1.73 bits per heavy atom. The fourth-order valence-electron chi connectivity index (χ4n) is 3.55. The maximum Gasteiger partial charge on any atom is 0.247 e. The van der Waals surface area contributed by atoms with Gasteiger partial charge >= 0.3 is 0 Å². The predicted octanol–water partition coefficient (Wildman–Crippen LogP) is 1.81. The van der Waals surface area contributed by atoms with Crippen LogP contribution in [0.2, 0.25) is 0 Å². The van der Waals surface area contributed by atoms with Crippen molar-refractivity contribution in [3.05, 3.63) is 48.1 Å². The number of nitrogens with zero attached hydrogens (tertiary/aromatic N) is 8. The molecule has 3 aromatic heterocycles. The first-order valence-electron chi connectivity index (χ1n) is 9.83. The molecule has 0 saturated carbocycles. The van der Waals surface area contributed by atoms with E-state index in [0.717, 1.165) is 54.8 Å². The van der Waals surface area contributed by atoms with Crippen molar-refractivity contribution in [1.29, 1.82) is 0 Å². The molecule has 1 aromatic carbocycles. The lowest BCUT2D eigenvalue weighted by Crippen LogP contribution is -2.46. The molecular formula is C20H22N8O2. The normalized spacial score (nSPS) is 15.1. The van der Waals surface area contributed by atoms with Crippen molar-refractivity contribution in [2.75, 3.05) is 38.2 Å². The van der Waals surface area contributed by atoms with E-state index in [4.69, 9.17) is 9.15 Å². The van der Waals surface area contributed by atoms with Crippen LogP contribution < -0.4 is 9.64 Å². The van der Waals surface area contributed by atoms with Gasteiger partial charge in [0.25, 0.3) is 0 Å². The van der Waals surface area contributed by atoms with Gasteiger partial charge in [0.05, 0.1) is 13.7 Å². The summed E-state index contributed by atoms with van der Waals surface area (Å²) in [5, 5.41) is 21.2. The number of hydrogen-bond acceptors (Lipinski definition) is 9. The van der Waals surface area contributed by atoms with Crippen molar-refractivity contribution < 1.29 is 9.15 Å². The summed E-state index contributed by atoms with van der Waals surface area (Å²) in [5.74, 6) is 3.66. The van der Waals surface area contributed by atoms with E-state index in [9.17, 15) is 0 Å². The number of rotatable bonds is 5. The highest BCUT2D eigenvalue weighted by Gasteiger charge is 2.21. The number of piperazine rings is 1. The van der Waals surface area contributed by atoms with Gasteiger partial charge in [-0.2, -0.15) is 4.52 Å². The molecule has 0 N–H and O–H groups in total. The Morgan fingerprint density at radius 3 is 2.50 bits per heavy atom. The topological polar surface area (TPSA) is 97.7 Å². The monoisotopic (exact) mass is 406 g/mol. The zero-order valence-corrected chi connectivity index (χ0v) is 16.9. The van der Waals surface area contributed by atoms with Crippen molar-refractivity contribution in [2.45, 2.75) is 13.5 Å². The largest absolute Gasteiger partial charge is 0.497 e. The predicted molar refractivity (Wildman–Crippen MR) is 109 cm³/mol. The molecule has 1 aliphatic heterocycles. The van der Waals surface area contributed by atoms with Crippen LogP contribution in [0.5, 0.6) is 5.75 Å². The standard InChI is InChI=1S/C20H22N8O2/c1-14-21-22-17-7-8-18(25-28(14)17)27-11-9-26(10-12-27)13-19-23-24-20(30-19)15-3-5-16(29-2)6-4-15/h3-8H,9-13H2,1-2H3. The fourth-order valence-corrected chi connectivity index (χ4v) is 3.55. The van der Waals surface area contributed by atoms with Gasteiger partial charge in [0, 0.05) is 31.7 Å². The fraction of sp³-hybridized carbons (Fsp3) is 0.350. The summed E-state index contributed by atoms with van der Waals surface area (Å²) >= 11 is 0. The van der Waals surface area contributed by atoms with Crippen LogP contribution in [-0.2, 0) is 6.54 Å². The zero-order chi connectivity index (χ0) is 20.5. The summed E-state index contributed by atoms with van der Waals surface area (Å²) in [7, 11) is 1.64. The van der Waals surface area contributed by atoms with E-state index in [1.54, 1.807) is 11.6 Å². The second kappa shape index (κ2) is 7.71. The highest BCUT2D eigenvalue weighted by molar-refractivity contribution is 5.54. The van der Waals surface area contributed by atoms with E-state index in [1.807, 2.05) is 43.3 Å². The Kier molecular flexibility index (Phi) is 4.75. The van der Waals surface area contributed by atoms with Gasteiger partial charge < -0.3 is 14.1 Å². The summed E-state index contributed by atoms with van der Waals surface area (Å²) in [6.07, 6.45) is 0. The van der Waals surface area contributed by atoms with Crippen molar-refractivity contribution in [2.24, 2.45) is 0 Å². The molecule has 0 amide bonds. The van der Waals surface area contributed by atoms with E-state index in [-0.39, 0.29) is 0 Å². The molecule has 4 aromatic rings. The lowest BCUT2D eigenvalue weighted by Gasteiger charge is -2.34. The minimum Gasteiger partial charge on any atom is -0.497 e. The lowest BCUT2D eigenvalue weighted by molar-refractivity contribution is 0.226. The average molecular weight is 406 g/mol. The number of ether oxygens (including phenoxy) is 1. The van der Waals surface area contributed by atoms with E-state index >= 15 is 0 Å². The van der Waals surface area contributed by atoms with E-state index in [0.29, 0.717) is 18.3 Å². The Bertz CT molecular complexity index is 1150. The molecule has 0 spiro atoms. The van der Waals surface area contributed by atoms with Crippen LogP contribution in [0.4, 0.5) is 5.82 Å². The summed E-state index contributed by atoms with van der Waals surface area (Å²) in [5.41, 5.74) is 1.64. The smallest absolute Gasteiger partial charge is 0.247 e. The molecule has 0 unspecified atom stereocenters. The maximum absolute atomic E-state index is 5.86. The summed E-state index contributed by atoms with van der Waals surface area (Å²) < 4.78 is 12.8. The summed E-state index contributed by atoms with van der Waals surface area (Å²) in [6, 6.07) is 11.5. The van der Waals surface area contributed by atoms with E-state index in [1.165, 1.54) is 0 Å². The molecule has 10 nitrogen and oxygen atoms in total. The molecule has 1 fully saturated rings. The molecule has 10 heteroatoms. The van der Waals surface area contributed by atoms with Gasteiger partial charge in [0.1, 0.15) is 11.6 Å². The Morgan fingerprint density at radius 1 is 0.933 bits per heavy atom. The quantitative estimate of drug-likeness (QED) is 0.491. The van der Waals surface area contributed by atoms with Crippen molar-refractivity contribution >= 4 is 11.5 Å². The minimum absolute atomic E-state index is 0.521. The molecule has 0 radical (unpaired) electrons. The van der Waals surface area contributed by atoms with Gasteiger partial charge in [-0.25, -0.2) is 0 Å². The van der Waals surface area contributed by atoms with Crippen molar-refractivity contribution in [1.82, 2.24) is 34.9 Å². The third-order valence-corrected chi connectivity index (χ3v) is 5.26. The molecule has 154 valence electrons. The number of fused-ring (bicyclic) bond motifs is 1. The third-order valence-electron chi connectivity index (χ3n) is 5.26. The average Bonchev–Trinajstić information content (AvgIpc) is 3.41. The van der Waals surface area contributed by atoms with Gasteiger partial charge in [0.2, 0.25) is 11.8 Å². The number of methoxy groups -OCH3 is 1. The van der Waals surface area contributed by atoms with Gasteiger partial charge in [-0.3, -0.25) is 4.90 Å². The molecule has 1 saturated heterocycles. The molecule has 5 rings (SSSR count). The number of benzene rings is 1. The Balaban J connectivity index is 1.21. The molecule has 0 aliphatic carbocycles. The molecule has 1 aliphatic rings. The highest BCUT2D eigenvalue weighted by atomic mass is 16.5. The van der Waals surface area contributed by atoms with Crippen LogP contribution in [0, 0.1) is 6.92 Å². The highest BCUT2D eigenvalue weighted by Crippen LogP contribution is 2.22. The SMILES string of the molecule is COc1ccc(-c2nnc(CN3CCN(c4ccc5nnc(C)n5n4)CC3)o2)cc1. The number of aryl methyl sites for hydroxylation is 1. The number of aromatic nitrogens is 6. The van der Waals surface area contributed by atoms with Gasteiger partial charge in [-0.1, -0.05) is 0 Å². The van der Waals surface area contributed by atoms with E-state index < -0.39 is 0 Å². The van der Waals surface area contributed by atoms with Crippen LogP contribution in [0.3, 0.4) is 0 Å². The molecule has 30 heavy (non-hydrogen) atoms. The zero-order valence-electron chi connectivity index (χ0n) is 16.9. The Labute approximate surface area is 173 Å². The van der Waals surface area contributed by atoms with Crippen LogP contribution >= 0.6 is 0 Å². The second-order valence-electron chi connectivity index (χ2n) is 7.20. The van der Waals surface area contributed by atoms with Gasteiger partial charge in [-0.15, -0.1) is 25.5 Å². The minimum atomic E-state index is 0.521. The van der Waals surface area contributed by atoms with Gasteiger partial charge in [-0.05, 0) is 43.3 Å². The molecule has 0 atom stereocenters. The molecular weight excluding hydrogens is 384 g/mol. The lowest BCUT2D eigenvalue weighted by atomic mass is 10.2. The third kappa shape index (κ3) is 3.57. The summed E-state index contributed by atoms with van der Waals surface area (Å²) in [4.78, 5) is 4.58. The van der Waals surface area contributed by atoms with E-state index in [2.05, 4.69) is 35.3 Å². The first-order valence-corrected chi connectivity index (χ1v) is 9.83. The number of hydrogen-bond donors (Lipinski definition) is 0. The maximum atomic E-state index is 5.86. The summed E-state index contributed by atoms with van der Waals surface area (Å²) in [6.45, 7) is 6.06. The van der Waals surface area contributed by atoms with Crippen LogP contribution in [-0.4, -0.2) is 68.2 Å². The Hall–Kier alpha value is -3.53. The first kappa shape index (κ1) is 18.5. The van der Waals surface area contributed by atoms with Crippen LogP contribution in [0.25, 0.3) is 17.1 Å². The number of anilines is 1. The van der Waals surface area contributed by atoms with Crippen LogP contribution in [0.1, 0.15) is 11.7 Å². The first-order chi connectivity index (χ1) is 14.7. The van der Waals surface area contributed by atoms with Crippen molar-refractivity contribution in [3.63, 3.8) is 0 Å². The molecule has 0 bridgehead atoms. The molecule has 4 heterocycles. The van der Waals surface area contributed by atoms with Gasteiger partial charge in [0.15, 0.2) is 11.5 Å². The van der Waals surface area contributed by atoms with Crippen LogP contribution in [0.15, 0.2) is 40.8 Å². The second-order valence-corrected chi connectivity index (χ2v) is 7.20.